The van der Waals surface area contributed by atoms with Crippen molar-refractivity contribution in [1.29, 1.82) is 0 Å². The number of hydrogen-bond donors (Lipinski definition) is 0. The maximum Gasteiger partial charge on any atom is 0.247 e. The summed E-state index contributed by atoms with van der Waals surface area (Å²) in [6.45, 7) is 4.71. The number of morpholine rings is 1. The monoisotopic (exact) mass is 578 g/mol. The number of fused-ring (bicyclic) bond motifs is 1. The van der Waals surface area contributed by atoms with E-state index in [2.05, 4.69) is 4.90 Å². The van der Waals surface area contributed by atoms with Crippen molar-refractivity contribution in [3.8, 4) is 5.75 Å². The van der Waals surface area contributed by atoms with E-state index in [1.54, 1.807) is 23.1 Å². The van der Waals surface area contributed by atoms with Crippen LogP contribution in [-0.2, 0) is 19.6 Å². The van der Waals surface area contributed by atoms with Gasteiger partial charge in [-0.15, -0.1) is 0 Å². The number of sulfonamides is 1. The molecule has 2 aromatic carbocycles. The highest BCUT2D eigenvalue weighted by Gasteiger charge is 2.42. The van der Waals surface area contributed by atoms with Crippen molar-refractivity contribution in [3.05, 3.63) is 47.5 Å². The van der Waals surface area contributed by atoms with Gasteiger partial charge in [0.15, 0.2) is 5.13 Å². The summed E-state index contributed by atoms with van der Waals surface area (Å²) in [5.74, 6) is 0.326. The van der Waals surface area contributed by atoms with Crippen molar-refractivity contribution in [3.63, 3.8) is 0 Å². The minimum absolute atomic E-state index is 0.145. The number of rotatable bonds is 9. The van der Waals surface area contributed by atoms with Gasteiger partial charge in [0.2, 0.25) is 15.9 Å². The Morgan fingerprint density at radius 2 is 1.95 bits per heavy atom. The molecule has 5 rings (SSSR count). The Morgan fingerprint density at radius 3 is 2.68 bits per heavy atom. The molecule has 3 aromatic rings. The van der Waals surface area contributed by atoms with E-state index in [0.29, 0.717) is 55.0 Å². The Kier molecular flexibility index (Phi) is 8.51. The third-order valence-corrected chi connectivity index (χ3v) is 10.1. The molecule has 0 radical (unpaired) electrons. The zero-order valence-electron chi connectivity index (χ0n) is 21.2. The van der Waals surface area contributed by atoms with Crippen LogP contribution in [-0.4, -0.2) is 87.6 Å². The number of aromatic nitrogens is 1. The number of carbonyl (C=O) groups excluding carboxylic acids is 1. The van der Waals surface area contributed by atoms with E-state index in [-0.39, 0.29) is 10.8 Å². The Bertz CT molecular complexity index is 1380. The van der Waals surface area contributed by atoms with Gasteiger partial charge in [0.25, 0.3) is 0 Å². The lowest BCUT2D eigenvalue weighted by Gasteiger charge is -2.30. The van der Waals surface area contributed by atoms with Gasteiger partial charge in [-0.2, -0.15) is 4.31 Å². The molecule has 3 heterocycles. The van der Waals surface area contributed by atoms with Crippen molar-refractivity contribution in [2.45, 2.75) is 30.2 Å². The highest BCUT2D eigenvalue weighted by molar-refractivity contribution is 7.89. The quantitative estimate of drug-likeness (QED) is 0.381. The van der Waals surface area contributed by atoms with Gasteiger partial charge in [-0.05, 0) is 61.7 Å². The van der Waals surface area contributed by atoms with Gasteiger partial charge in [0, 0.05) is 37.7 Å². The first kappa shape index (κ1) is 27.3. The second-order valence-electron chi connectivity index (χ2n) is 9.36. The van der Waals surface area contributed by atoms with E-state index in [1.165, 1.54) is 34.9 Å². The van der Waals surface area contributed by atoms with E-state index in [0.717, 1.165) is 36.3 Å². The SMILES string of the molecule is COc1ccc(S(=O)(=O)N2CCCC2C(=O)N(CCCN2CCOCC2)c2nc3ccc(Cl)cc3s2)cc1. The minimum Gasteiger partial charge on any atom is -0.497 e. The third-order valence-electron chi connectivity index (χ3n) is 6.95. The summed E-state index contributed by atoms with van der Waals surface area (Å²) in [6, 6.07) is 10.9. The van der Waals surface area contributed by atoms with Crippen LogP contribution in [0.2, 0.25) is 5.02 Å². The molecular weight excluding hydrogens is 548 g/mol. The lowest BCUT2D eigenvalue weighted by Crippen LogP contribution is -2.48. The molecule has 0 saturated carbocycles. The van der Waals surface area contributed by atoms with Crippen LogP contribution >= 0.6 is 22.9 Å². The van der Waals surface area contributed by atoms with E-state index in [9.17, 15) is 13.2 Å². The summed E-state index contributed by atoms with van der Waals surface area (Å²) in [5, 5.41) is 1.16. The van der Waals surface area contributed by atoms with Crippen molar-refractivity contribution >= 4 is 54.2 Å². The molecule has 1 amide bonds. The van der Waals surface area contributed by atoms with Gasteiger partial charge in [-0.25, -0.2) is 13.4 Å². The van der Waals surface area contributed by atoms with Crippen molar-refractivity contribution in [1.82, 2.24) is 14.2 Å². The largest absolute Gasteiger partial charge is 0.497 e. The maximum atomic E-state index is 14.1. The van der Waals surface area contributed by atoms with Gasteiger partial charge in [0.1, 0.15) is 11.8 Å². The average molecular weight is 579 g/mol. The van der Waals surface area contributed by atoms with Crippen molar-refractivity contribution in [2.75, 3.05) is 57.9 Å². The highest BCUT2D eigenvalue weighted by atomic mass is 35.5. The Balaban J connectivity index is 1.40. The van der Waals surface area contributed by atoms with Crippen LogP contribution in [0.5, 0.6) is 5.75 Å². The fraction of sp³-hybridized carbons (Fsp3) is 0.462. The normalized spacial score (nSPS) is 19.2. The number of nitrogens with zero attached hydrogens (tertiary/aromatic N) is 4. The molecule has 2 fully saturated rings. The smallest absolute Gasteiger partial charge is 0.247 e. The lowest BCUT2D eigenvalue weighted by molar-refractivity contribution is -0.121. The number of carbonyl (C=O) groups is 1. The van der Waals surface area contributed by atoms with Crippen LogP contribution in [0.15, 0.2) is 47.4 Å². The molecule has 2 saturated heterocycles. The summed E-state index contributed by atoms with van der Waals surface area (Å²) in [4.78, 5) is 22.9. The lowest BCUT2D eigenvalue weighted by atomic mass is 10.2. The number of hydrogen-bond acceptors (Lipinski definition) is 8. The number of benzene rings is 2. The summed E-state index contributed by atoms with van der Waals surface area (Å²) >= 11 is 7.59. The fourth-order valence-corrected chi connectivity index (χ4v) is 7.84. The molecule has 0 N–H and O–H groups in total. The molecule has 1 unspecified atom stereocenters. The number of amides is 1. The van der Waals surface area contributed by atoms with Crippen LogP contribution in [0.25, 0.3) is 10.2 Å². The van der Waals surface area contributed by atoms with Crippen LogP contribution in [0.4, 0.5) is 5.13 Å². The van der Waals surface area contributed by atoms with Crippen LogP contribution < -0.4 is 9.64 Å². The molecule has 0 aliphatic carbocycles. The van der Waals surface area contributed by atoms with Crippen LogP contribution in [0, 0.1) is 0 Å². The summed E-state index contributed by atoms with van der Waals surface area (Å²) in [6.07, 6.45) is 1.81. The number of anilines is 1. The molecular formula is C26H31ClN4O5S2. The number of ether oxygens (including phenoxy) is 2. The Labute approximate surface area is 231 Å². The maximum absolute atomic E-state index is 14.1. The minimum atomic E-state index is -3.87. The predicted molar refractivity (Wildman–Crippen MR) is 149 cm³/mol. The Morgan fingerprint density at radius 1 is 1.18 bits per heavy atom. The molecule has 204 valence electrons. The van der Waals surface area contributed by atoms with Gasteiger partial charge in [-0.1, -0.05) is 22.9 Å². The molecule has 1 atom stereocenters. The van der Waals surface area contributed by atoms with E-state index in [4.69, 9.17) is 26.1 Å². The molecule has 12 heteroatoms. The summed E-state index contributed by atoms with van der Waals surface area (Å²) < 4.78 is 40.0. The van der Waals surface area contributed by atoms with Crippen molar-refractivity contribution < 1.29 is 22.7 Å². The van der Waals surface area contributed by atoms with E-state index < -0.39 is 16.1 Å². The predicted octanol–water partition coefficient (Wildman–Crippen LogP) is 3.87. The second-order valence-corrected chi connectivity index (χ2v) is 12.7. The third kappa shape index (κ3) is 5.83. The zero-order chi connectivity index (χ0) is 26.7. The second kappa shape index (κ2) is 11.8. The Hall–Kier alpha value is -2.28. The summed E-state index contributed by atoms with van der Waals surface area (Å²) in [7, 11) is -2.34. The first-order valence-electron chi connectivity index (χ1n) is 12.7. The molecule has 1 aromatic heterocycles. The molecule has 38 heavy (non-hydrogen) atoms. The van der Waals surface area contributed by atoms with Gasteiger partial charge >= 0.3 is 0 Å². The van der Waals surface area contributed by atoms with E-state index in [1.807, 2.05) is 12.1 Å². The van der Waals surface area contributed by atoms with Gasteiger partial charge in [0.05, 0.1) is 35.4 Å². The first-order chi connectivity index (χ1) is 18.4. The number of methoxy groups -OCH3 is 1. The average Bonchev–Trinajstić information content (AvgIpc) is 3.59. The molecule has 2 aliphatic rings. The molecule has 0 bridgehead atoms. The zero-order valence-corrected chi connectivity index (χ0v) is 23.6. The van der Waals surface area contributed by atoms with Gasteiger partial charge in [-0.3, -0.25) is 14.6 Å². The van der Waals surface area contributed by atoms with Crippen molar-refractivity contribution in [2.24, 2.45) is 0 Å². The van der Waals surface area contributed by atoms with Crippen LogP contribution in [0.3, 0.4) is 0 Å². The van der Waals surface area contributed by atoms with Gasteiger partial charge < -0.3 is 9.47 Å². The fourth-order valence-electron chi connectivity index (χ4n) is 4.92. The standard InChI is InChI=1S/C26H31ClN4O5S2/c1-35-20-6-8-21(9-7-20)38(33,34)31-13-2-4-23(31)25(32)30(12-3-11-29-14-16-36-17-15-29)26-28-22-10-5-19(27)18-24(22)37-26/h5-10,18,23H,2-4,11-17H2,1H3. The molecule has 2 aliphatic heterocycles. The molecule has 9 nitrogen and oxygen atoms in total. The summed E-state index contributed by atoms with van der Waals surface area (Å²) in [5.41, 5.74) is 0.759. The highest BCUT2D eigenvalue weighted by Crippen LogP contribution is 2.34. The molecule has 0 spiro atoms. The first-order valence-corrected chi connectivity index (χ1v) is 15.3. The number of thiazole rings is 1. The topological polar surface area (TPSA) is 92.3 Å². The van der Waals surface area contributed by atoms with Crippen LogP contribution in [0.1, 0.15) is 19.3 Å². The number of halogens is 1. The van der Waals surface area contributed by atoms with E-state index >= 15 is 0 Å².